The number of hydrogen-bond acceptors (Lipinski definition) is 6. The molecule has 1 aliphatic carbocycles. The number of likely N-dealkylation sites (N-methyl/N-ethyl adjacent to an activating group) is 1. The van der Waals surface area contributed by atoms with E-state index in [2.05, 4.69) is 5.32 Å². The summed E-state index contributed by atoms with van der Waals surface area (Å²) >= 11 is 0. The summed E-state index contributed by atoms with van der Waals surface area (Å²) in [5, 5.41) is 11.5. The van der Waals surface area contributed by atoms with Crippen molar-refractivity contribution < 1.29 is 27.5 Å². The average Bonchev–Trinajstić information content (AvgIpc) is 2.90. The molecular weight excluding hydrogens is 362 g/mol. The first-order valence-electron chi connectivity index (χ1n) is 8.35. The Morgan fingerprint density at radius 2 is 1.96 bits per heavy atom. The molecule has 0 radical (unpaired) electrons. The van der Waals surface area contributed by atoms with E-state index in [0.717, 1.165) is 4.31 Å². The van der Waals surface area contributed by atoms with E-state index in [1.54, 1.807) is 6.92 Å². The van der Waals surface area contributed by atoms with Crippen LogP contribution in [0.5, 0.6) is 0 Å². The van der Waals surface area contributed by atoms with Gasteiger partial charge in [-0.3, -0.25) is 14.5 Å². The highest BCUT2D eigenvalue weighted by Gasteiger charge is 2.35. The molecule has 10 heteroatoms. The molecule has 146 valence electrons. The molecule has 0 aliphatic heterocycles. The van der Waals surface area contributed by atoms with Gasteiger partial charge in [0.15, 0.2) is 0 Å². The van der Waals surface area contributed by atoms with Crippen molar-refractivity contribution in [1.29, 1.82) is 0 Å². The number of carbonyl (C=O) groups is 2. The largest absolute Gasteiger partial charge is 0.480 e. The van der Waals surface area contributed by atoms with Crippen LogP contribution in [0.1, 0.15) is 35.9 Å². The smallest absolute Gasteiger partial charge is 0.317 e. The van der Waals surface area contributed by atoms with Crippen molar-refractivity contribution in [3.63, 3.8) is 0 Å². The fourth-order valence-electron chi connectivity index (χ4n) is 2.93. The SMILES string of the molecule is CCN(CC(=O)O)C1CC(NC(=O)c2cc(S(=O)(=O)N(C)C)oc2C)C1. The molecule has 1 aromatic heterocycles. The van der Waals surface area contributed by atoms with Crippen molar-refractivity contribution in [2.75, 3.05) is 27.2 Å². The summed E-state index contributed by atoms with van der Waals surface area (Å²) in [6, 6.07) is 1.29. The maximum absolute atomic E-state index is 12.4. The zero-order valence-corrected chi connectivity index (χ0v) is 16.2. The summed E-state index contributed by atoms with van der Waals surface area (Å²) in [5.41, 5.74) is 0.187. The summed E-state index contributed by atoms with van der Waals surface area (Å²) in [6.07, 6.45) is 1.32. The number of aryl methyl sites for hydroxylation is 1. The van der Waals surface area contributed by atoms with Gasteiger partial charge in [0.25, 0.3) is 15.9 Å². The molecule has 1 aliphatic rings. The van der Waals surface area contributed by atoms with Gasteiger partial charge in [0, 0.05) is 32.2 Å². The topological polar surface area (TPSA) is 120 Å². The van der Waals surface area contributed by atoms with Crippen LogP contribution in [0.4, 0.5) is 0 Å². The van der Waals surface area contributed by atoms with E-state index in [-0.39, 0.29) is 35.0 Å². The van der Waals surface area contributed by atoms with E-state index in [9.17, 15) is 18.0 Å². The van der Waals surface area contributed by atoms with Gasteiger partial charge in [-0.1, -0.05) is 6.92 Å². The molecule has 1 heterocycles. The Kier molecular flexibility index (Phi) is 6.09. The van der Waals surface area contributed by atoms with E-state index in [1.807, 2.05) is 11.8 Å². The number of carboxylic acid groups (broad SMARTS) is 1. The summed E-state index contributed by atoms with van der Waals surface area (Å²) in [7, 11) is -0.969. The molecule has 1 saturated carbocycles. The monoisotopic (exact) mass is 387 g/mol. The number of furan rings is 1. The van der Waals surface area contributed by atoms with Gasteiger partial charge in [-0.25, -0.2) is 12.7 Å². The normalized spacial score (nSPS) is 20.2. The molecule has 0 spiro atoms. The Bertz CT molecular complexity index is 780. The number of nitrogens with one attached hydrogen (secondary N) is 1. The highest BCUT2D eigenvalue weighted by molar-refractivity contribution is 7.88. The Hall–Kier alpha value is -1.91. The van der Waals surface area contributed by atoms with E-state index < -0.39 is 21.9 Å². The maximum Gasteiger partial charge on any atom is 0.317 e. The second kappa shape index (κ2) is 7.77. The highest BCUT2D eigenvalue weighted by Crippen LogP contribution is 2.27. The molecule has 0 aromatic carbocycles. The van der Waals surface area contributed by atoms with Crippen molar-refractivity contribution in [1.82, 2.24) is 14.5 Å². The number of hydrogen-bond donors (Lipinski definition) is 2. The molecule has 2 N–H and O–H groups in total. The number of rotatable bonds is 8. The molecule has 26 heavy (non-hydrogen) atoms. The molecule has 0 saturated heterocycles. The lowest BCUT2D eigenvalue weighted by molar-refractivity contribution is -0.139. The second-order valence-electron chi connectivity index (χ2n) is 6.58. The van der Waals surface area contributed by atoms with Crippen LogP contribution in [-0.2, 0) is 14.8 Å². The van der Waals surface area contributed by atoms with Crippen LogP contribution in [0.25, 0.3) is 0 Å². The minimum Gasteiger partial charge on any atom is -0.480 e. The van der Waals surface area contributed by atoms with Crippen molar-refractivity contribution in [3.8, 4) is 0 Å². The van der Waals surface area contributed by atoms with Crippen molar-refractivity contribution in [3.05, 3.63) is 17.4 Å². The average molecular weight is 387 g/mol. The number of sulfonamides is 1. The predicted molar refractivity (Wildman–Crippen MR) is 93.5 cm³/mol. The van der Waals surface area contributed by atoms with Gasteiger partial charge in [0.1, 0.15) is 5.76 Å². The highest BCUT2D eigenvalue weighted by atomic mass is 32.2. The zero-order valence-electron chi connectivity index (χ0n) is 15.4. The van der Waals surface area contributed by atoms with Crippen LogP contribution in [0.3, 0.4) is 0 Å². The number of carboxylic acids is 1. The number of aliphatic carboxylic acids is 1. The molecule has 1 fully saturated rings. The lowest BCUT2D eigenvalue weighted by Gasteiger charge is -2.42. The number of carbonyl (C=O) groups excluding carboxylic acids is 1. The van der Waals surface area contributed by atoms with E-state index in [0.29, 0.717) is 19.4 Å². The third kappa shape index (κ3) is 4.25. The first-order chi connectivity index (χ1) is 12.1. The van der Waals surface area contributed by atoms with Gasteiger partial charge >= 0.3 is 5.97 Å². The summed E-state index contributed by atoms with van der Waals surface area (Å²) < 4.78 is 30.5. The van der Waals surface area contributed by atoms with Crippen molar-refractivity contribution in [2.45, 2.75) is 43.9 Å². The van der Waals surface area contributed by atoms with Crippen molar-refractivity contribution >= 4 is 21.9 Å². The molecule has 0 atom stereocenters. The van der Waals surface area contributed by atoms with Gasteiger partial charge < -0.3 is 14.8 Å². The van der Waals surface area contributed by atoms with Gasteiger partial charge in [0.05, 0.1) is 12.1 Å². The molecule has 1 amide bonds. The van der Waals surface area contributed by atoms with E-state index in [1.165, 1.54) is 20.2 Å². The van der Waals surface area contributed by atoms with Crippen LogP contribution >= 0.6 is 0 Å². The minimum absolute atomic E-state index is 0.0194. The fraction of sp³-hybridized carbons (Fsp3) is 0.625. The Labute approximate surface area is 153 Å². The molecule has 1 aromatic rings. The van der Waals surface area contributed by atoms with Gasteiger partial charge in [0.2, 0.25) is 5.09 Å². The van der Waals surface area contributed by atoms with E-state index >= 15 is 0 Å². The lowest BCUT2D eigenvalue weighted by atomic mass is 9.85. The van der Waals surface area contributed by atoms with E-state index in [4.69, 9.17) is 9.52 Å². The van der Waals surface area contributed by atoms with Crippen LogP contribution in [0.2, 0.25) is 0 Å². The molecule has 9 nitrogen and oxygen atoms in total. The number of amides is 1. The first kappa shape index (κ1) is 20.4. The van der Waals surface area contributed by atoms with Crippen molar-refractivity contribution in [2.24, 2.45) is 0 Å². The van der Waals surface area contributed by atoms with Crippen LogP contribution in [0.15, 0.2) is 15.6 Å². The first-order valence-corrected chi connectivity index (χ1v) is 9.79. The standard InChI is InChI=1S/C16H25N3O6S/c1-5-19(9-14(20)21)12-6-11(7-12)17-16(22)13-8-15(25-10(13)2)26(23,24)18(3)4/h8,11-12H,5-7,9H2,1-4H3,(H,17,22)(H,20,21). The van der Waals surface area contributed by atoms with Crippen LogP contribution in [0, 0.1) is 6.92 Å². The molecular formula is C16H25N3O6S. The fourth-order valence-corrected chi connectivity index (χ4v) is 3.78. The molecule has 0 bridgehead atoms. The van der Waals surface area contributed by atoms with Crippen LogP contribution in [-0.4, -0.2) is 73.9 Å². The zero-order chi connectivity index (χ0) is 19.6. The molecule has 0 unspecified atom stereocenters. The van der Waals surface area contributed by atoms with Gasteiger partial charge in [-0.15, -0.1) is 0 Å². The third-order valence-electron chi connectivity index (χ3n) is 4.58. The summed E-state index contributed by atoms with van der Waals surface area (Å²) in [4.78, 5) is 25.1. The summed E-state index contributed by atoms with van der Waals surface area (Å²) in [6.45, 7) is 4.05. The summed E-state index contributed by atoms with van der Waals surface area (Å²) in [5.74, 6) is -1.03. The molecule has 2 rings (SSSR count). The lowest BCUT2D eigenvalue weighted by Crippen LogP contribution is -2.54. The second-order valence-corrected chi connectivity index (χ2v) is 8.66. The number of nitrogens with zero attached hydrogens (tertiary/aromatic N) is 2. The predicted octanol–water partition coefficient (Wildman–Crippen LogP) is 0.506. The third-order valence-corrected chi connectivity index (χ3v) is 6.26. The van der Waals surface area contributed by atoms with Gasteiger partial charge in [-0.05, 0) is 26.3 Å². The minimum atomic E-state index is -3.74. The van der Waals surface area contributed by atoms with Gasteiger partial charge in [-0.2, -0.15) is 0 Å². The van der Waals surface area contributed by atoms with Crippen LogP contribution < -0.4 is 5.32 Å². The Morgan fingerprint density at radius 1 is 1.35 bits per heavy atom. The Morgan fingerprint density at radius 3 is 2.46 bits per heavy atom. The Balaban J connectivity index is 1.98. The maximum atomic E-state index is 12.4. The quantitative estimate of drug-likeness (QED) is 0.666.